The molecule has 2 aliphatic heterocycles. The molecular weight excluding hydrogens is 200 g/mol. The average molecular weight is 218 g/mol. The minimum absolute atomic E-state index is 0.181. The van der Waals surface area contributed by atoms with Gasteiger partial charge in [0.1, 0.15) is 0 Å². The summed E-state index contributed by atoms with van der Waals surface area (Å²) < 4.78 is 23.0. The molecule has 4 nitrogen and oxygen atoms in total. The molecule has 1 N–H and O–H groups in total. The Hall–Kier alpha value is -0.130. The van der Waals surface area contributed by atoms with Crippen LogP contribution in [0.15, 0.2) is 0 Å². The largest absolute Gasteiger partial charge is 0.310 e. The monoisotopic (exact) mass is 218 g/mol. The molecule has 0 bridgehead atoms. The molecule has 2 saturated heterocycles. The number of rotatable bonds is 2. The van der Waals surface area contributed by atoms with Crippen molar-refractivity contribution >= 4 is 9.84 Å². The van der Waals surface area contributed by atoms with Crippen LogP contribution in [0.1, 0.15) is 13.3 Å². The molecule has 2 atom stereocenters. The normalized spacial score (nSPS) is 36.9. The van der Waals surface area contributed by atoms with E-state index >= 15 is 0 Å². The number of nitrogens with one attached hydrogen (secondary N) is 1. The van der Waals surface area contributed by atoms with Gasteiger partial charge in [-0.3, -0.25) is 4.90 Å². The van der Waals surface area contributed by atoms with Crippen molar-refractivity contribution in [3.8, 4) is 0 Å². The molecular formula is C9H18N2O2S. The molecule has 5 heteroatoms. The SMILES string of the molecule is CCCN1CCNC2CS(=O)(=O)CC21. The molecule has 0 aromatic heterocycles. The van der Waals surface area contributed by atoms with E-state index in [-0.39, 0.29) is 12.1 Å². The lowest BCUT2D eigenvalue weighted by atomic mass is 10.1. The maximum Gasteiger partial charge on any atom is 0.153 e. The minimum atomic E-state index is -2.78. The standard InChI is InChI=1S/C9H18N2O2S/c1-2-4-11-5-3-10-8-6-14(12,13)7-9(8)11/h8-10H,2-7H2,1H3. The fraction of sp³-hybridized carbons (Fsp3) is 1.00. The second-order valence-electron chi connectivity index (χ2n) is 4.24. The van der Waals surface area contributed by atoms with E-state index in [0.717, 1.165) is 26.1 Å². The average Bonchev–Trinajstić information content (AvgIpc) is 2.41. The Balaban J connectivity index is 2.10. The van der Waals surface area contributed by atoms with Gasteiger partial charge in [0, 0.05) is 25.2 Å². The first-order valence-electron chi connectivity index (χ1n) is 5.30. The summed E-state index contributed by atoms with van der Waals surface area (Å²) in [5.74, 6) is 0.683. The van der Waals surface area contributed by atoms with Crippen LogP contribution in [0, 0.1) is 0 Å². The third-order valence-electron chi connectivity index (χ3n) is 3.11. The molecule has 0 aromatic carbocycles. The molecule has 82 valence electrons. The smallest absolute Gasteiger partial charge is 0.153 e. The summed E-state index contributed by atoms with van der Waals surface area (Å²) in [6.07, 6.45) is 1.10. The molecule has 2 fully saturated rings. The van der Waals surface area contributed by atoms with Crippen molar-refractivity contribution in [2.75, 3.05) is 31.1 Å². The van der Waals surface area contributed by atoms with Gasteiger partial charge in [-0.25, -0.2) is 8.42 Å². The van der Waals surface area contributed by atoms with Crippen molar-refractivity contribution in [2.24, 2.45) is 0 Å². The summed E-state index contributed by atoms with van der Waals surface area (Å²) in [5, 5.41) is 3.30. The lowest BCUT2D eigenvalue weighted by Crippen LogP contribution is -2.57. The predicted molar refractivity (Wildman–Crippen MR) is 56.1 cm³/mol. The van der Waals surface area contributed by atoms with Gasteiger partial charge in [-0.15, -0.1) is 0 Å². The summed E-state index contributed by atoms with van der Waals surface area (Å²) in [7, 11) is -2.78. The topological polar surface area (TPSA) is 49.4 Å². The third-order valence-corrected chi connectivity index (χ3v) is 4.82. The van der Waals surface area contributed by atoms with Gasteiger partial charge in [-0.2, -0.15) is 0 Å². The van der Waals surface area contributed by atoms with Crippen LogP contribution in [-0.4, -0.2) is 56.5 Å². The van der Waals surface area contributed by atoms with E-state index < -0.39 is 9.84 Å². The molecule has 2 heterocycles. The second-order valence-corrected chi connectivity index (χ2v) is 6.39. The van der Waals surface area contributed by atoms with Gasteiger partial charge < -0.3 is 5.32 Å². The Kier molecular flexibility index (Phi) is 2.81. The highest BCUT2D eigenvalue weighted by molar-refractivity contribution is 7.91. The van der Waals surface area contributed by atoms with Crippen LogP contribution in [0.25, 0.3) is 0 Å². The summed E-state index contributed by atoms with van der Waals surface area (Å²) in [6.45, 7) is 5.08. The molecule has 0 radical (unpaired) electrons. The highest BCUT2D eigenvalue weighted by Crippen LogP contribution is 2.21. The quantitative estimate of drug-likeness (QED) is 0.677. The number of fused-ring (bicyclic) bond motifs is 1. The molecule has 0 spiro atoms. The van der Waals surface area contributed by atoms with E-state index in [4.69, 9.17) is 0 Å². The van der Waals surface area contributed by atoms with Gasteiger partial charge >= 0.3 is 0 Å². The Morgan fingerprint density at radius 1 is 1.43 bits per heavy atom. The van der Waals surface area contributed by atoms with Crippen LogP contribution >= 0.6 is 0 Å². The van der Waals surface area contributed by atoms with E-state index in [0.29, 0.717) is 11.5 Å². The highest BCUT2D eigenvalue weighted by Gasteiger charge is 2.42. The van der Waals surface area contributed by atoms with Gasteiger partial charge in [0.05, 0.1) is 11.5 Å². The molecule has 0 saturated carbocycles. The third kappa shape index (κ3) is 1.94. The molecule has 2 rings (SSSR count). The molecule has 2 unspecified atom stereocenters. The first-order chi connectivity index (χ1) is 6.62. The van der Waals surface area contributed by atoms with Crippen LogP contribution in [0.5, 0.6) is 0 Å². The first-order valence-corrected chi connectivity index (χ1v) is 7.12. The van der Waals surface area contributed by atoms with Crippen LogP contribution in [0.4, 0.5) is 0 Å². The lowest BCUT2D eigenvalue weighted by Gasteiger charge is -2.37. The Morgan fingerprint density at radius 3 is 2.93 bits per heavy atom. The van der Waals surface area contributed by atoms with Gasteiger partial charge in [-0.1, -0.05) is 6.92 Å². The van der Waals surface area contributed by atoms with Crippen molar-refractivity contribution in [1.29, 1.82) is 0 Å². The maximum atomic E-state index is 11.5. The van der Waals surface area contributed by atoms with Crippen molar-refractivity contribution < 1.29 is 8.42 Å². The number of nitrogens with zero attached hydrogens (tertiary/aromatic N) is 1. The number of hydrogen-bond donors (Lipinski definition) is 1. The van der Waals surface area contributed by atoms with Crippen molar-refractivity contribution in [3.63, 3.8) is 0 Å². The fourth-order valence-electron chi connectivity index (χ4n) is 2.51. The molecule has 14 heavy (non-hydrogen) atoms. The van der Waals surface area contributed by atoms with E-state index in [2.05, 4.69) is 17.1 Å². The summed E-state index contributed by atoms with van der Waals surface area (Å²) in [5.41, 5.74) is 0. The highest BCUT2D eigenvalue weighted by atomic mass is 32.2. The zero-order chi connectivity index (χ0) is 10.2. The Labute approximate surface area is 85.6 Å². The fourth-order valence-corrected chi connectivity index (χ4v) is 4.49. The maximum absolute atomic E-state index is 11.5. The van der Waals surface area contributed by atoms with Crippen LogP contribution in [-0.2, 0) is 9.84 Å². The molecule has 0 amide bonds. The van der Waals surface area contributed by atoms with Crippen LogP contribution in [0.2, 0.25) is 0 Å². The van der Waals surface area contributed by atoms with Crippen molar-refractivity contribution in [2.45, 2.75) is 25.4 Å². The van der Waals surface area contributed by atoms with Crippen molar-refractivity contribution in [3.05, 3.63) is 0 Å². The minimum Gasteiger partial charge on any atom is -0.310 e. The number of hydrogen-bond acceptors (Lipinski definition) is 4. The number of sulfone groups is 1. The second kappa shape index (κ2) is 3.79. The Bertz CT molecular complexity index is 300. The van der Waals surface area contributed by atoms with Crippen molar-refractivity contribution in [1.82, 2.24) is 10.2 Å². The number of piperazine rings is 1. The molecule has 0 aliphatic carbocycles. The predicted octanol–water partition coefficient (Wildman–Crippen LogP) is -0.533. The summed E-state index contributed by atoms with van der Waals surface area (Å²) >= 11 is 0. The first kappa shape index (κ1) is 10.4. The van der Waals surface area contributed by atoms with Crippen LogP contribution in [0.3, 0.4) is 0 Å². The van der Waals surface area contributed by atoms with Crippen LogP contribution < -0.4 is 5.32 Å². The summed E-state index contributed by atoms with van der Waals surface area (Å²) in [4.78, 5) is 2.33. The molecule has 0 aromatic rings. The zero-order valence-corrected chi connectivity index (χ0v) is 9.39. The molecule has 2 aliphatic rings. The van der Waals surface area contributed by atoms with E-state index in [9.17, 15) is 8.42 Å². The van der Waals surface area contributed by atoms with E-state index in [1.54, 1.807) is 0 Å². The van der Waals surface area contributed by atoms with E-state index in [1.165, 1.54) is 0 Å². The summed E-state index contributed by atoms with van der Waals surface area (Å²) in [6, 6.07) is 0.411. The van der Waals surface area contributed by atoms with Gasteiger partial charge in [0.25, 0.3) is 0 Å². The lowest BCUT2D eigenvalue weighted by molar-refractivity contribution is 0.149. The van der Waals surface area contributed by atoms with Gasteiger partial charge in [0.15, 0.2) is 9.84 Å². The van der Waals surface area contributed by atoms with E-state index in [1.807, 2.05) is 0 Å². The zero-order valence-electron chi connectivity index (χ0n) is 8.57. The van der Waals surface area contributed by atoms with Gasteiger partial charge in [0.2, 0.25) is 0 Å². The Morgan fingerprint density at radius 2 is 2.21 bits per heavy atom. The van der Waals surface area contributed by atoms with Gasteiger partial charge in [-0.05, 0) is 13.0 Å².